The van der Waals surface area contributed by atoms with E-state index in [4.69, 9.17) is 0 Å². The smallest absolute Gasteiger partial charge is 0.269 e. The van der Waals surface area contributed by atoms with Crippen molar-refractivity contribution in [3.63, 3.8) is 0 Å². The Kier molecular flexibility index (Phi) is 6.99. The molecule has 0 bridgehead atoms. The molecule has 0 heterocycles. The zero-order valence-electron chi connectivity index (χ0n) is 11.5. The lowest BCUT2D eigenvalue weighted by atomic mass is 10.2. The molecule has 1 aromatic rings. The summed E-state index contributed by atoms with van der Waals surface area (Å²) in [6.07, 6.45) is 4.10. The highest BCUT2D eigenvalue weighted by molar-refractivity contribution is 5.91. The van der Waals surface area contributed by atoms with Crippen LogP contribution in [0.15, 0.2) is 30.3 Å². The van der Waals surface area contributed by atoms with Crippen molar-refractivity contribution in [3.8, 4) is 0 Å². The van der Waals surface area contributed by atoms with E-state index in [-0.39, 0.29) is 11.6 Å². The molecule has 0 unspecified atom stereocenters. The van der Waals surface area contributed by atoms with Crippen LogP contribution in [0.4, 0.5) is 5.69 Å². The summed E-state index contributed by atoms with van der Waals surface area (Å²) in [5.41, 5.74) is 0.781. The standard InChI is InChI=1S/C14H19N3O3/c1-2-9-15-10-11-16-14(18)8-5-12-3-6-13(7-4-12)17(19)20/h3-8,15H,2,9-11H2,1H3,(H,16,18). The van der Waals surface area contributed by atoms with E-state index in [9.17, 15) is 14.9 Å². The van der Waals surface area contributed by atoms with Gasteiger partial charge < -0.3 is 10.6 Å². The Labute approximate surface area is 118 Å². The van der Waals surface area contributed by atoms with Crippen molar-refractivity contribution in [1.82, 2.24) is 10.6 Å². The summed E-state index contributed by atoms with van der Waals surface area (Å²) in [6.45, 7) is 4.33. The minimum atomic E-state index is -0.455. The van der Waals surface area contributed by atoms with Gasteiger partial charge in [0, 0.05) is 31.3 Å². The SMILES string of the molecule is CCCNCCNC(=O)C=Cc1ccc([N+](=O)[O-])cc1. The molecule has 0 aliphatic rings. The van der Waals surface area contributed by atoms with Crippen molar-refractivity contribution in [2.24, 2.45) is 0 Å². The maximum absolute atomic E-state index is 11.5. The predicted molar refractivity (Wildman–Crippen MR) is 78.3 cm³/mol. The van der Waals surface area contributed by atoms with Gasteiger partial charge in [0.1, 0.15) is 0 Å². The highest BCUT2D eigenvalue weighted by atomic mass is 16.6. The van der Waals surface area contributed by atoms with Gasteiger partial charge in [-0.25, -0.2) is 0 Å². The molecule has 0 saturated carbocycles. The third-order valence-corrected chi connectivity index (χ3v) is 2.56. The molecule has 0 atom stereocenters. The molecule has 1 aromatic carbocycles. The maximum Gasteiger partial charge on any atom is 0.269 e. The third-order valence-electron chi connectivity index (χ3n) is 2.56. The second-order valence-corrected chi connectivity index (χ2v) is 4.22. The molecule has 6 nitrogen and oxygen atoms in total. The Morgan fingerprint density at radius 1 is 1.25 bits per heavy atom. The first-order valence-corrected chi connectivity index (χ1v) is 6.54. The van der Waals surface area contributed by atoms with Crippen molar-refractivity contribution in [1.29, 1.82) is 0 Å². The Balaban J connectivity index is 2.35. The lowest BCUT2D eigenvalue weighted by Gasteiger charge is -2.03. The number of rotatable bonds is 8. The molecular formula is C14H19N3O3. The third kappa shape index (κ3) is 6.10. The monoisotopic (exact) mass is 277 g/mol. The fourth-order valence-electron chi connectivity index (χ4n) is 1.51. The molecule has 1 amide bonds. The summed E-state index contributed by atoms with van der Waals surface area (Å²) in [7, 11) is 0. The minimum absolute atomic E-state index is 0.0357. The zero-order valence-corrected chi connectivity index (χ0v) is 11.5. The normalized spacial score (nSPS) is 10.7. The van der Waals surface area contributed by atoms with Crippen LogP contribution < -0.4 is 10.6 Å². The number of amides is 1. The average molecular weight is 277 g/mol. The first-order chi connectivity index (χ1) is 9.63. The van der Waals surface area contributed by atoms with Crippen LogP contribution in [0, 0.1) is 10.1 Å². The second-order valence-electron chi connectivity index (χ2n) is 4.22. The number of nitrogens with zero attached hydrogens (tertiary/aromatic N) is 1. The van der Waals surface area contributed by atoms with Crippen LogP contribution in [-0.2, 0) is 4.79 Å². The Morgan fingerprint density at radius 3 is 2.55 bits per heavy atom. The van der Waals surface area contributed by atoms with Crippen LogP contribution >= 0.6 is 0 Å². The Bertz CT molecular complexity index is 469. The van der Waals surface area contributed by atoms with Crippen LogP contribution in [0.5, 0.6) is 0 Å². The number of nitro groups is 1. The number of nitrogens with one attached hydrogen (secondary N) is 2. The molecule has 0 saturated heterocycles. The van der Waals surface area contributed by atoms with Gasteiger partial charge in [0.2, 0.25) is 5.91 Å². The van der Waals surface area contributed by atoms with Crippen molar-refractivity contribution < 1.29 is 9.72 Å². The van der Waals surface area contributed by atoms with E-state index >= 15 is 0 Å². The van der Waals surface area contributed by atoms with Crippen LogP contribution in [0.1, 0.15) is 18.9 Å². The molecular weight excluding hydrogens is 258 g/mol. The highest BCUT2D eigenvalue weighted by Crippen LogP contribution is 2.12. The lowest BCUT2D eigenvalue weighted by molar-refractivity contribution is -0.384. The van der Waals surface area contributed by atoms with E-state index in [2.05, 4.69) is 17.6 Å². The topological polar surface area (TPSA) is 84.3 Å². The van der Waals surface area contributed by atoms with E-state index in [1.165, 1.54) is 18.2 Å². The molecule has 0 fully saturated rings. The van der Waals surface area contributed by atoms with E-state index in [1.54, 1.807) is 18.2 Å². The van der Waals surface area contributed by atoms with Gasteiger partial charge >= 0.3 is 0 Å². The van der Waals surface area contributed by atoms with Crippen LogP contribution in [0.2, 0.25) is 0 Å². The van der Waals surface area contributed by atoms with Crippen molar-refractivity contribution in [3.05, 3.63) is 46.0 Å². The summed E-state index contributed by atoms with van der Waals surface area (Å²) in [6, 6.07) is 6.02. The summed E-state index contributed by atoms with van der Waals surface area (Å²) >= 11 is 0. The fraction of sp³-hybridized carbons (Fsp3) is 0.357. The van der Waals surface area contributed by atoms with Gasteiger partial charge in [-0.15, -0.1) is 0 Å². The van der Waals surface area contributed by atoms with Gasteiger partial charge in [-0.2, -0.15) is 0 Å². The lowest BCUT2D eigenvalue weighted by Crippen LogP contribution is -2.30. The molecule has 108 valence electrons. The van der Waals surface area contributed by atoms with Crippen molar-refractivity contribution >= 4 is 17.7 Å². The van der Waals surface area contributed by atoms with E-state index in [0.717, 1.165) is 25.1 Å². The van der Waals surface area contributed by atoms with E-state index in [0.29, 0.717) is 6.54 Å². The van der Waals surface area contributed by atoms with Gasteiger partial charge in [0.15, 0.2) is 0 Å². The molecule has 0 spiro atoms. The second kappa shape index (κ2) is 8.82. The van der Waals surface area contributed by atoms with Crippen LogP contribution in [0.25, 0.3) is 6.08 Å². The number of benzene rings is 1. The number of nitro benzene ring substituents is 1. The fourth-order valence-corrected chi connectivity index (χ4v) is 1.51. The summed E-state index contributed by atoms with van der Waals surface area (Å²) in [5.74, 6) is -0.179. The first-order valence-electron chi connectivity index (χ1n) is 6.54. The van der Waals surface area contributed by atoms with Crippen molar-refractivity contribution in [2.45, 2.75) is 13.3 Å². The van der Waals surface area contributed by atoms with Gasteiger partial charge in [-0.05, 0) is 36.7 Å². The summed E-state index contributed by atoms with van der Waals surface area (Å²) in [5, 5.41) is 16.4. The summed E-state index contributed by atoms with van der Waals surface area (Å²) in [4.78, 5) is 21.5. The maximum atomic E-state index is 11.5. The first kappa shape index (κ1) is 15.8. The average Bonchev–Trinajstić information content (AvgIpc) is 2.45. The zero-order chi connectivity index (χ0) is 14.8. The van der Waals surface area contributed by atoms with Crippen LogP contribution in [-0.4, -0.2) is 30.5 Å². The number of hydrogen-bond acceptors (Lipinski definition) is 4. The van der Waals surface area contributed by atoms with Gasteiger partial charge in [0.05, 0.1) is 4.92 Å². The Hall–Kier alpha value is -2.21. The van der Waals surface area contributed by atoms with Crippen LogP contribution in [0.3, 0.4) is 0 Å². The van der Waals surface area contributed by atoms with Crippen molar-refractivity contribution in [2.75, 3.05) is 19.6 Å². The summed E-state index contributed by atoms with van der Waals surface area (Å²) < 4.78 is 0. The molecule has 2 N–H and O–H groups in total. The molecule has 0 aliphatic carbocycles. The van der Waals surface area contributed by atoms with Gasteiger partial charge in [0.25, 0.3) is 5.69 Å². The quantitative estimate of drug-likeness (QED) is 0.328. The molecule has 6 heteroatoms. The molecule has 0 aliphatic heterocycles. The molecule has 0 radical (unpaired) electrons. The van der Waals surface area contributed by atoms with Gasteiger partial charge in [-0.1, -0.05) is 6.92 Å². The number of carbonyl (C=O) groups excluding carboxylic acids is 1. The molecule has 1 rings (SSSR count). The van der Waals surface area contributed by atoms with E-state index < -0.39 is 4.92 Å². The number of hydrogen-bond donors (Lipinski definition) is 2. The van der Waals surface area contributed by atoms with Gasteiger partial charge in [-0.3, -0.25) is 14.9 Å². The number of carbonyl (C=O) groups is 1. The minimum Gasteiger partial charge on any atom is -0.351 e. The van der Waals surface area contributed by atoms with E-state index in [1.807, 2.05) is 0 Å². The largest absolute Gasteiger partial charge is 0.351 e. The Morgan fingerprint density at radius 2 is 1.95 bits per heavy atom. The highest BCUT2D eigenvalue weighted by Gasteiger charge is 2.02. The predicted octanol–water partition coefficient (Wildman–Crippen LogP) is 1.72. The molecule has 0 aromatic heterocycles. The number of non-ortho nitro benzene ring substituents is 1. The molecule has 20 heavy (non-hydrogen) atoms.